The summed E-state index contributed by atoms with van der Waals surface area (Å²) in [6.45, 7) is 6.98. The Kier molecular flexibility index (Phi) is 6.33. The summed E-state index contributed by atoms with van der Waals surface area (Å²) < 4.78 is 26.4. The predicted octanol–water partition coefficient (Wildman–Crippen LogP) is 1.79. The molecule has 7 heteroatoms. The third-order valence-electron chi connectivity index (χ3n) is 1.44. The lowest BCUT2D eigenvalue weighted by Gasteiger charge is -2.19. The standard InChI is InChI=1S/C9H18NO5P/c1-6-13-16(12,14-7-2)15-8(3)9(11)10(4)5/h3,6-7H2,1-2,4-5H3. The topological polar surface area (TPSA) is 65.1 Å². The second-order valence-electron chi connectivity index (χ2n) is 3.00. The van der Waals surface area contributed by atoms with Crippen LogP contribution in [0.4, 0.5) is 0 Å². The number of hydrogen-bond acceptors (Lipinski definition) is 5. The minimum Gasteiger partial charge on any atom is -0.399 e. The van der Waals surface area contributed by atoms with Crippen LogP contribution in [0.5, 0.6) is 0 Å². The van der Waals surface area contributed by atoms with Gasteiger partial charge >= 0.3 is 7.82 Å². The molecule has 0 unspecified atom stereocenters. The van der Waals surface area contributed by atoms with Gasteiger partial charge in [-0.3, -0.25) is 13.8 Å². The number of phosphoric ester groups is 1. The number of phosphoric acid groups is 1. The van der Waals surface area contributed by atoms with E-state index in [9.17, 15) is 9.36 Å². The maximum atomic E-state index is 11.9. The number of carbonyl (C=O) groups is 1. The van der Waals surface area contributed by atoms with Crippen LogP contribution >= 0.6 is 7.82 Å². The predicted molar refractivity (Wildman–Crippen MR) is 59.8 cm³/mol. The molecule has 0 N–H and O–H groups in total. The van der Waals surface area contributed by atoms with Gasteiger partial charge in [0.2, 0.25) is 0 Å². The van der Waals surface area contributed by atoms with E-state index in [1.54, 1.807) is 13.8 Å². The first-order valence-electron chi connectivity index (χ1n) is 4.85. The van der Waals surface area contributed by atoms with Crippen molar-refractivity contribution in [2.24, 2.45) is 0 Å². The zero-order valence-electron chi connectivity index (χ0n) is 10.1. The van der Waals surface area contributed by atoms with Crippen molar-refractivity contribution >= 4 is 13.7 Å². The summed E-state index contributed by atoms with van der Waals surface area (Å²) in [7, 11) is -0.654. The third kappa shape index (κ3) is 4.79. The maximum Gasteiger partial charge on any atom is 0.530 e. The van der Waals surface area contributed by atoms with Gasteiger partial charge < -0.3 is 9.42 Å². The van der Waals surface area contributed by atoms with E-state index < -0.39 is 13.7 Å². The first-order chi connectivity index (χ1) is 7.36. The fraction of sp³-hybridized carbons (Fsp3) is 0.667. The Morgan fingerprint density at radius 2 is 1.69 bits per heavy atom. The normalized spacial score (nSPS) is 11.0. The van der Waals surface area contributed by atoms with Crippen LogP contribution < -0.4 is 0 Å². The summed E-state index contributed by atoms with van der Waals surface area (Å²) in [4.78, 5) is 12.7. The van der Waals surface area contributed by atoms with Gasteiger partial charge in [-0.2, -0.15) is 0 Å². The van der Waals surface area contributed by atoms with Gasteiger partial charge in [0.15, 0.2) is 5.76 Å². The number of carbonyl (C=O) groups excluding carboxylic acids is 1. The second-order valence-corrected chi connectivity index (χ2v) is 4.59. The molecule has 6 nitrogen and oxygen atoms in total. The van der Waals surface area contributed by atoms with Crippen LogP contribution in [-0.4, -0.2) is 38.1 Å². The van der Waals surface area contributed by atoms with Crippen LogP contribution in [-0.2, 0) is 22.9 Å². The van der Waals surface area contributed by atoms with Crippen molar-refractivity contribution in [2.75, 3.05) is 27.3 Å². The highest BCUT2D eigenvalue weighted by Crippen LogP contribution is 2.50. The van der Waals surface area contributed by atoms with Gasteiger partial charge in [-0.15, -0.1) is 0 Å². The highest BCUT2D eigenvalue weighted by Gasteiger charge is 2.30. The molecule has 0 saturated carbocycles. The molecule has 0 fully saturated rings. The molecule has 0 rings (SSSR count). The average Bonchev–Trinajstić information content (AvgIpc) is 2.16. The monoisotopic (exact) mass is 251 g/mol. The van der Waals surface area contributed by atoms with Crippen molar-refractivity contribution in [1.29, 1.82) is 0 Å². The lowest BCUT2D eigenvalue weighted by molar-refractivity contribution is -0.127. The number of nitrogens with zero attached hydrogens (tertiary/aromatic N) is 1. The first kappa shape index (κ1) is 15.2. The van der Waals surface area contributed by atoms with Crippen LogP contribution in [0.3, 0.4) is 0 Å². The van der Waals surface area contributed by atoms with Crippen LogP contribution in [0.2, 0.25) is 0 Å². The molecule has 0 spiro atoms. The number of likely N-dealkylation sites (N-methyl/N-ethyl adjacent to an activating group) is 1. The Bertz CT molecular complexity index is 292. The Hall–Kier alpha value is -0.840. The van der Waals surface area contributed by atoms with Gasteiger partial charge in [-0.25, -0.2) is 4.57 Å². The third-order valence-corrected chi connectivity index (χ3v) is 3.03. The van der Waals surface area contributed by atoms with Gasteiger partial charge in [0.1, 0.15) is 0 Å². The molecule has 1 amide bonds. The zero-order valence-corrected chi connectivity index (χ0v) is 11.0. The Morgan fingerprint density at radius 3 is 2.00 bits per heavy atom. The minimum absolute atomic E-state index is 0.153. The second kappa shape index (κ2) is 6.68. The SMILES string of the molecule is C=C(OP(=O)(OCC)OCC)C(=O)N(C)C. The maximum absolute atomic E-state index is 11.9. The summed E-state index contributed by atoms with van der Waals surface area (Å²) in [6.07, 6.45) is 0. The molecule has 94 valence electrons. The van der Waals surface area contributed by atoms with Crippen molar-refractivity contribution in [3.63, 3.8) is 0 Å². The highest BCUT2D eigenvalue weighted by atomic mass is 31.2. The number of hydrogen-bond donors (Lipinski definition) is 0. The van der Waals surface area contributed by atoms with Gasteiger partial charge in [0.05, 0.1) is 13.2 Å². The van der Waals surface area contributed by atoms with Crippen molar-refractivity contribution in [3.8, 4) is 0 Å². The molecule has 0 bridgehead atoms. The Labute approximate surface area is 95.8 Å². The van der Waals surface area contributed by atoms with E-state index in [1.807, 2.05) is 0 Å². The molecular weight excluding hydrogens is 233 g/mol. The smallest absolute Gasteiger partial charge is 0.399 e. The average molecular weight is 251 g/mol. The molecule has 0 heterocycles. The number of amides is 1. The summed E-state index contributed by atoms with van der Waals surface area (Å²) in [5, 5.41) is 0. The molecule has 0 aromatic rings. The molecule has 0 radical (unpaired) electrons. The van der Waals surface area contributed by atoms with E-state index in [2.05, 4.69) is 6.58 Å². The first-order valence-corrected chi connectivity index (χ1v) is 6.31. The lowest BCUT2D eigenvalue weighted by atomic mass is 10.5. The Balaban J connectivity index is 4.58. The summed E-state index contributed by atoms with van der Waals surface area (Å²) in [6, 6.07) is 0. The van der Waals surface area contributed by atoms with E-state index >= 15 is 0 Å². The molecule has 0 aromatic heterocycles. The highest BCUT2D eigenvalue weighted by molar-refractivity contribution is 7.48. The Morgan fingerprint density at radius 1 is 1.25 bits per heavy atom. The van der Waals surface area contributed by atoms with Crippen LogP contribution in [0.15, 0.2) is 12.3 Å². The van der Waals surface area contributed by atoms with Gasteiger partial charge in [-0.1, -0.05) is 6.58 Å². The molecule has 0 aliphatic carbocycles. The quantitative estimate of drug-likeness (QED) is 0.392. The van der Waals surface area contributed by atoms with Crippen molar-refractivity contribution in [3.05, 3.63) is 12.3 Å². The number of rotatable bonds is 7. The van der Waals surface area contributed by atoms with Crippen molar-refractivity contribution in [2.45, 2.75) is 13.8 Å². The molecular formula is C9H18NO5P. The lowest BCUT2D eigenvalue weighted by Crippen LogP contribution is -2.24. The summed E-state index contributed by atoms with van der Waals surface area (Å²) >= 11 is 0. The van der Waals surface area contributed by atoms with Crippen LogP contribution in [0.1, 0.15) is 13.8 Å². The largest absolute Gasteiger partial charge is 0.530 e. The van der Waals surface area contributed by atoms with Crippen LogP contribution in [0.25, 0.3) is 0 Å². The molecule has 0 atom stereocenters. The van der Waals surface area contributed by atoms with E-state index in [1.165, 1.54) is 19.0 Å². The van der Waals surface area contributed by atoms with Crippen molar-refractivity contribution in [1.82, 2.24) is 4.90 Å². The van der Waals surface area contributed by atoms with Crippen molar-refractivity contribution < 1.29 is 22.9 Å². The molecule has 16 heavy (non-hydrogen) atoms. The molecule has 0 aromatic carbocycles. The van der Waals surface area contributed by atoms with Crippen LogP contribution in [0, 0.1) is 0 Å². The molecule has 0 aliphatic rings. The van der Waals surface area contributed by atoms with Gasteiger partial charge in [-0.05, 0) is 13.8 Å². The fourth-order valence-corrected chi connectivity index (χ4v) is 1.99. The van der Waals surface area contributed by atoms with E-state index in [0.29, 0.717) is 0 Å². The van der Waals surface area contributed by atoms with Gasteiger partial charge in [0.25, 0.3) is 5.91 Å². The molecule has 0 aliphatic heterocycles. The summed E-state index contributed by atoms with van der Waals surface area (Å²) in [5.74, 6) is -0.755. The fourth-order valence-electron chi connectivity index (χ4n) is 0.830. The van der Waals surface area contributed by atoms with E-state index in [-0.39, 0.29) is 19.0 Å². The summed E-state index contributed by atoms with van der Waals surface area (Å²) in [5.41, 5.74) is 0. The van der Waals surface area contributed by atoms with E-state index in [0.717, 1.165) is 0 Å². The zero-order chi connectivity index (χ0) is 12.8. The van der Waals surface area contributed by atoms with E-state index in [4.69, 9.17) is 13.6 Å². The van der Waals surface area contributed by atoms with Gasteiger partial charge in [0, 0.05) is 14.1 Å². The minimum atomic E-state index is -3.72. The molecule has 0 saturated heterocycles.